The summed E-state index contributed by atoms with van der Waals surface area (Å²) in [5.41, 5.74) is 0. The molecule has 0 aromatic rings. The Kier molecular flexibility index (Phi) is 23.7. The van der Waals surface area contributed by atoms with Crippen LogP contribution in [0.3, 0.4) is 0 Å². The molecule has 0 radical (unpaired) electrons. The largest absolute Gasteiger partial charge is 0.355 e. The van der Waals surface area contributed by atoms with Gasteiger partial charge in [-0.1, -0.05) is 98.3 Å². The van der Waals surface area contributed by atoms with Crippen molar-refractivity contribution in [2.75, 3.05) is 0 Å². The second-order valence-electron chi connectivity index (χ2n) is 5.87. The van der Waals surface area contributed by atoms with Crippen molar-refractivity contribution in [1.29, 1.82) is 0 Å². The van der Waals surface area contributed by atoms with Crippen LogP contribution in [-0.4, -0.2) is 11.9 Å². The minimum atomic E-state index is -0.404. The molecule has 0 atom stereocenters. The molecule has 0 saturated carbocycles. The van der Waals surface area contributed by atoms with E-state index in [1.54, 1.807) is 13.8 Å². The molecule has 0 N–H and O–H groups in total. The molecule has 0 heterocycles. The third-order valence-electron chi connectivity index (χ3n) is 3.54. The third-order valence-corrected chi connectivity index (χ3v) is 4.05. The number of carbonyl (C=O) groups excluding carboxylic acids is 2. The summed E-state index contributed by atoms with van der Waals surface area (Å²) in [6, 6.07) is 0. The Morgan fingerprint density at radius 2 is 0.875 bits per heavy atom. The number of hydrogen-bond acceptors (Lipinski definition) is 5. The van der Waals surface area contributed by atoms with Crippen LogP contribution in [0.25, 0.3) is 0 Å². The summed E-state index contributed by atoms with van der Waals surface area (Å²) in [4.78, 5) is 20.9. The number of hydrogen-bond donors (Lipinski definition) is 0. The third kappa shape index (κ3) is 23.6. The number of unbranched alkanes of at least 4 members (excludes halogenated alkanes) is 10. The van der Waals surface area contributed by atoms with E-state index in [0.717, 1.165) is 0 Å². The second kappa shape index (κ2) is 22.3. The second-order valence-corrected chi connectivity index (χ2v) is 6.34. The van der Waals surface area contributed by atoms with Crippen LogP contribution in [-0.2, 0) is 18.0 Å². The molecule has 0 saturated heterocycles. The van der Waals surface area contributed by atoms with Crippen LogP contribution in [0.5, 0.6) is 0 Å². The van der Waals surface area contributed by atoms with Crippen molar-refractivity contribution in [3.8, 4) is 0 Å². The Balaban J connectivity index is 0. The van der Waals surface area contributed by atoms with Crippen LogP contribution >= 0.6 is 12.3 Å². The molecular weight excluding hydrogens is 324 g/mol. The van der Waals surface area contributed by atoms with Crippen LogP contribution in [0.4, 0.5) is 0 Å². The quantitative estimate of drug-likeness (QED) is 0.252. The monoisotopic (exact) mass is 362 g/mol. The van der Waals surface area contributed by atoms with Crippen LogP contribution in [0.1, 0.15) is 111 Å². The fourth-order valence-corrected chi connectivity index (χ4v) is 2.37. The van der Waals surface area contributed by atoms with Gasteiger partial charge in [-0.3, -0.25) is 9.59 Å². The number of carbonyl (C=O) groups is 2. The SMILES string of the molecule is CCC(=O)OSOC(=O)CC.CCCCCCCCCCCCC. The molecule has 0 aliphatic carbocycles. The molecule has 4 nitrogen and oxygen atoms in total. The van der Waals surface area contributed by atoms with Gasteiger partial charge in [0.2, 0.25) is 0 Å². The van der Waals surface area contributed by atoms with Crippen molar-refractivity contribution in [2.24, 2.45) is 0 Å². The van der Waals surface area contributed by atoms with Gasteiger partial charge in [0.25, 0.3) is 12.3 Å². The summed E-state index contributed by atoms with van der Waals surface area (Å²) in [7, 11) is 0. The molecular formula is C19H38O4S. The van der Waals surface area contributed by atoms with Gasteiger partial charge in [-0.2, -0.15) is 0 Å². The van der Waals surface area contributed by atoms with Gasteiger partial charge in [-0.05, 0) is 0 Å². The molecule has 0 bridgehead atoms. The summed E-state index contributed by atoms with van der Waals surface area (Å²) < 4.78 is 8.80. The van der Waals surface area contributed by atoms with E-state index in [1.807, 2.05) is 0 Å². The van der Waals surface area contributed by atoms with E-state index in [9.17, 15) is 9.59 Å². The van der Waals surface area contributed by atoms with E-state index >= 15 is 0 Å². The Morgan fingerprint density at radius 1 is 0.583 bits per heavy atom. The van der Waals surface area contributed by atoms with Gasteiger partial charge < -0.3 is 8.37 Å². The first-order valence-electron chi connectivity index (χ1n) is 9.69. The van der Waals surface area contributed by atoms with E-state index in [4.69, 9.17) is 0 Å². The molecule has 0 aliphatic rings. The normalized spacial score (nSPS) is 9.83. The summed E-state index contributed by atoms with van der Waals surface area (Å²) in [5, 5.41) is 0. The molecule has 0 aromatic carbocycles. The minimum Gasteiger partial charge on any atom is -0.355 e. The van der Waals surface area contributed by atoms with Crippen molar-refractivity contribution >= 4 is 24.3 Å². The lowest BCUT2D eigenvalue weighted by atomic mass is 10.1. The Hall–Kier alpha value is -0.710. The maximum absolute atomic E-state index is 10.4. The molecule has 0 rings (SSSR count). The van der Waals surface area contributed by atoms with Crippen LogP contribution in [0.2, 0.25) is 0 Å². The van der Waals surface area contributed by atoms with Gasteiger partial charge in [0.15, 0.2) is 0 Å². The summed E-state index contributed by atoms with van der Waals surface area (Å²) in [5.74, 6) is -0.808. The predicted octanol–water partition coefficient (Wildman–Crippen LogP) is 6.77. The molecule has 0 fully saturated rings. The summed E-state index contributed by atoms with van der Waals surface area (Å²) in [6.45, 7) is 7.88. The van der Waals surface area contributed by atoms with Crippen molar-refractivity contribution in [3.05, 3.63) is 0 Å². The topological polar surface area (TPSA) is 52.6 Å². The molecule has 5 heteroatoms. The lowest BCUT2D eigenvalue weighted by Gasteiger charge is -2.00. The first kappa shape index (κ1) is 25.5. The molecule has 0 aromatic heterocycles. The Bertz CT molecular complexity index is 257. The van der Waals surface area contributed by atoms with Crippen LogP contribution in [0, 0.1) is 0 Å². The minimum absolute atomic E-state index is 0.274. The van der Waals surface area contributed by atoms with E-state index in [0.29, 0.717) is 12.3 Å². The molecule has 24 heavy (non-hydrogen) atoms. The Labute approximate surface area is 153 Å². The molecule has 0 amide bonds. The number of rotatable bonds is 14. The fraction of sp³-hybridized carbons (Fsp3) is 0.895. The maximum Gasteiger partial charge on any atom is 0.320 e. The Morgan fingerprint density at radius 3 is 1.12 bits per heavy atom. The predicted molar refractivity (Wildman–Crippen MR) is 102 cm³/mol. The van der Waals surface area contributed by atoms with E-state index in [1.165, 1.54) is 70.6 Å². The highest BCUT2D eigenvalue weighted by Gasteiger charge is 2.03. The average Bonchev–Trinajstić information content (AvgIpc) is 2.60. The summed E-state index contributed by atoms with van der Waals surface area (Å²) in [6.07, 6.45) is 16.5. The molecule has 144 valence electrons. The fourth-order valence-electron chi connectivity index (χ4n) is 1.95. The molecule has 0 spiro atoms. The van der Waals surface area contributed by atoms with Gasteiger partial charge in [0.05, 0.1) is 0 Å². The van der Waals surface area contributed by atoms with Crippen molar-refractivity contribution in [2.45, 2.75) is 111 Å². The molecule has 0 aliphatic heterocycles. The highest BCUT2D eigenvalue weighted by atomic mass is 32.2. The van der Waals surface area contributed by atoms with E-state index < -0.39 is 11.9 Å². The van der Waals surface area contributed by atoms with Crippen molar-refractivity contribution in [3.63, 3.8) is 0 Å². The highest BCUT2D eigenvalue weighted by Crippen LogP contribution is 2.10. The van der Waals surface area contributed by atoms with Crippen LogP contribution < -0.4 is 0 Å². The van der Waals surface area contributed by atoms with Gasteiger partial charge in [-0.15, -0.1) is 0 Å². The molecule has 0 unspecified atom stereocenters. The average molecular weight is 363 g/mol. The zero-order chi connectivity index (χ0) is 18.5. The zero-order valence-electron chi connectivity index (χ0n) is 16.2. The van der Waals surface area contributed by atoms with Gasteiger partial charge in [0.1, 0.15) is 0 Å². The zero-order valence-corrected chi connectivity index (χ0v) is 17.1. The van der Waals surface area contributed by atoms with E-state index in [2.05, 4.69) is 22.2 Å². The van der Waals surface area contributed by atoms with Crippen molar-refractivity contribution < 1.29 is 18.0 Å². The van der Waals surface area contributed by atoms with Gasteiger partial charge in [0, 0.05) is 12.8 Å². The van der Waals surface area contributed by atoms with Gasteiger partial charge in [-0.25, -0.2) is 0 Å². The van der Waals surface area contributed by atoms with E-state index in [-0.39, 0.29) is 12.8 Å². The maximum atomic E-state index is 10.4. The smallest absolute Gasteiger partial charge is 0.320 e. The highest BCUT2D eigenvalue weighted by molar-refractivity contribution is 7.90. The van der Waals surface area contributed by atoms with Gasteiger partial charge >= 0.3 is 11.9 Å². The first-order chi connectivity index (χ1) is 11.6. The first-order valence-corrected chi connectivity index (χ1v) is 10.4. The lowest BCUT2D eigenvalue weighted by molar-refractivity contribution is -0.135. The standard InChI is InChI=1S/C13H28.C6H10O4S/c1-3-5-7-9-11-13-12-10-8-6-4-2;1-3-5(7)9-11-10-6(8)4-2/h3-13H2,1-2H3;3-4H2,1-2H3. The summed E-state index contributed by atoms with van der Waals surface area (Å²) >= 11 is 0.420. The lowest BCUT2D eigenvalue weighted by Crippen LogP contribution is -2.00. The van der Waals surface area contributed by atoms with Crippen LogP contribution in [0.15, 0.2) is 0 Å². The van der Waals surface area contributed by atoms with Crippen molar-refractivity contribution in [1.82, 2.24) is 0 Å².